The number of aliphatic hydroxyl groups excluding tert-OH is 2. The van der Waals surface area contributed by atoms with E-state index >= 15 is 0 Å². The van der Waals surface area contributed by atoms with E-state index in [1.54, 1.807) is 0 Å². The maximum Gasteiger partial charge on any atom is 0.142 e. The average Bonchev–Trinajstić information content (AvgIpc) is 2.76. The molecule has 4 nitrogen and oxygen atoms in total. The van der Waals surface area contributed by atoms with E-state index in [0.29, 0.717) is 11.6 Å². The Balaban J connectivity index is 1.85. The lowest BCUT2D eigenvalue weighted by molar-refractivity contribution is -0.129. The highest BCUT2D eigenvalue weighted by molar-refractivity contribution is 5.87. The van der Waals surface area contributed by atoms with E-state index in [-0.39, 0.29) is 47.7 Å². The van der Waals surface area contributed by atoms with E-state index < -0.39 is 0 Å². The maximum atomic E-state index is 13.0. The van der Waals surface area contributed by atoms with Crippen molar-refractivity contribution in [3.63, 3.8) is 0 Å². The number of hydrogen-bond donors (Lipinski definition) is 2. The number of ketones is 2. The van der Waals surface area contributed by atoms with Crippen molar-refractivity contribution in [1.29, 1.82) is 0 Å². The Hall–Kier alpha value is -1.00. The topological polar surface area (TPSA) is 74.6 Å². The van der Waals surface area contributed by atoms with Crippen molar-refractivity contribution in [3.8, 4) is 0 Å². The van der Waals surface area contributed by atoms with Gasteiger partial charge in [-0.25, -0.2) is 0 Å². The van der Waals surface area contributed by atoms with Gasteiger partial charge in [0.25, 0.3) is 0 Å². The quantitative estimate of drug-likeness (QED) is 0.365. The number of allylic oxidation sites excluding steroid dienone is 2. The predicted octanol–water partition coefficient (Wildman–Crippen LogP) is 5.89. The lowest BCUT2D eigenvalue weighted by Gasteiger charge is -2.29. The zero-order valence-corrected chi connectivity index (χ0v) is 21.1. The lowest BCUT2D eigenvalue weighted by atomic mass is 9.74. The Morgan fingerprint density at radius 3 is 1.44 bits per heavy atom. The summed E-state index contributed by atoms with van der Waals surface area (Å²) in [7, 11) is 0. The van der Waals surface area contributed by atoms with Crippen LogP contribution in [0.25, 0.3) is 0 Å². The molecule has 0 aromatic carbocycles. The van der Waals surface area contributed by atoms with Crippen molar-refractivity contribution in [2.24, 2.45) is 34.5 Å². The van der Waals surface area contributed by atoms with E-state index in [4.69, 9.17) is 0 Å². The van der Waals surface area contributed by atoms with Gasteiger partial charge < -0.3 is 10.2 Å². The molecular formula is C28H48O4. The van der Waals surface area contributed by atoms with Crippen LogP contribution in [0.1, 0.15) is 105 Å². The SMILES string of the molecule is CC(C)(CO)CCCC1CCCC(C=CC2CCCC(CCCC(C)(C)CO)C2=O)C1=O. The van der Waals surface area contributed by atoms with E-state index in [1.807, 2.05) is 0 Å². The Kier molecular flexibility index (Phi) is 10.6. The normalized spacial score (nSPS) is 27.9. The summed E-state index contributed by atoms with van der Waals surface area (Å²) in [6, 6.07) is 0. The zero-order chi connectivity index (χ0) is 23.8. The molecule has 32 heavy (non-hydrogen) atoms. The molecule has 0 radical (unpaired) electrons. The molecule has 4 unspecified atom stereocenters. The van der Waals surface area contributed by atoms with Crippen LogP contribution < -0.4 is 0 Å². The van der Waals surface area contributed by atoms with Gasteiger partial charge in [-0.15, -0.1) is 0 Å². The van der Waals surface area contributed by atoms with Gasteiger partial charge in [0, 0.05) is 36.9 Å². The lowest BCUT2D eigenvalue weighted by Crippen LogP contribution is -2.30. The molecule has 0 aromatic heterocycles. The van der Waals surface area contributed by atoms with Crippen molar-refractivity contribution >= 4 is 11.6 Å². The third-order valence-electron chi connectivity index (χ3n) is 7.92. The minimum atomic E-state index is -0.0667. The van der Waals surface area contributed by atoms with Crippen LogP contribution in [0.2, 0.25) is 0 Å². The van der Waals surface area contributed by atoms with Crippen LogP contribution in [0.4, 0.5) is 0 Å². The van der Waals surface area contributed by atoms with Gasteiger partial charge in [-0.3, -0.25) is 9.59 Å². The Bertz CT molecular complexity index is 579. The Morgan fingerprint density at radius 2 is 1.09 bits per heavy atom. The molecule has 0 bridgehead atoms. The van der Waals surface area contributed by atoms with E-state index in [1.165, 1.54) is 0 Å². The summed E-state index contributed by atoms with van der Waals surface area (Å²) in [6.45, 7) is 8.66. The first-order valence-corrected chi connectivity index (χ1v) is 13.1. The predicted molar refractivity (Wildman–Crippen MR) is 130 cm³/mol. The molecule has 2 N–H and O–H groups in total. The molecule has 0 spiro atoms. The third kappa shape index (κ3) is 8.41. The zero-order valence-electron chi connectivity index (χ0n) is 21.1. The molecule has 2 saturated carbocycles. The van der Waals surface area contributed by atoms with E-state index in [2.05, 4.69) is 39.8 Å². The van der Waals surface area contributed by atoms with Crippen molar-refractivity contribution in [3.05, 3.63) is 12.2 Å². The fraction of sp³-hybridized carbons (Fsp3) is 0.857. The molecule has 0 heterocycles. The van der Waals surface area contributed by atoms with Gasteiger partial charge in [0.15, 0.2) is 0 Å². The van der Waals surface area contributed by atoms with Gasteiger partial charge in [0.05, 0.1) is 0 Å². The number of rotatable bonds is 12. The van der Waals surface area contributed by atoms with Crippen LogP contribution in [0.3, 0.4) is 0 Å². The number of hydrogen-bond acceptors (Lipinski definition) is 4. The second kappa shape index (κ2) is 12.5. The molecule has 0 amide bonds. The van der Waals surface area contributed by atoms with Crippen molar-refractivity contribution in [1.82, 2.24) is 0 Å². The van der Waals surface area contributed by atoms with Crippen LogP contribution in [0.15, 0.2) is 12.2 Å². The molecule has 2 fully saturated rings. The number of carbonyl (C=O) groups is 2. The van der Waals surface area contributed by atoms with Crippen molar-refractivity contribution in [2.75, 3.05) is 13.2 Å². The minimum Gasteiger partial charge on any atom is -0.396 e. The fourth-order valence-corrected chi connectivity index (χ4v) is 5.38. The molecule has 4 heteroatoms. The fourth-order valence-electron chi connectivity index (χ4n) is 5.38. The molecule has 0 aliphatic heterocycles. The van der Waals surface area contributed by atoms with Crippen LogP contribution in [0.5, 0.6) is 0 Å². The van der Waals surface area contributed by atoms with Gasteiger partial charge in [-0.1, -0.05) is 65.5 Å². The highest BCUT2D eigenvalue weighted by atomic mass is 16.3. The van der Waals surface area contributed by atoms with Gasteiger partial charge in [0.2, 0.25) is 0 Å². The maximum absolute atomic E-state index is 13.0. The molecule has 4 atom stereocenters. The first kappa shape index (κ1) is 27.2. The van der Waals surface area contributed by atoms with Crippen molar-refractivity contribution < 1.29 is 19.8 Å². The summed E-state index contributed by atoms with van der Waals surface area (Å²) in [6.07, 6.45) is 15.8. The Morgan fingerprint density at radius 1 is 0.719 bits per heavy atom. The summed E-state index contributed by atoms with van der Waals surface area (Å²) >= 11 is 0. The molecule has 184 valence electrons. The van der Waals surface area contributed by atoms with Gasteiger partial charge >= 0.3 is 0 Å². The smallest absolute Gasteiger partial charge is 0.142 e. The van der Waals surface area contributed by atoms with Crippen molar-refractivity contribution in [2.45, 2.75) is 105 Å². The van der Waals surface area contributed by atoms with Crippen LogP contribution >= 0.6 is 0 Å². The summed E-state index contributed by atoms with van der Waals surface area (Å²) in [5.74, 6) is 0.937. The first-order chi connectivity index (χ1) is 15.1. The summed E-state index contributed by atoms with van der Waals surface area (Å²) in [5, 5.41) is 18.9. The molecule has 2 aliphatic carbocycles. The monoisotopic (exact) mass is 448 g/mol. The second-order valence-corrected chi connectivity index (χ2v) is 12.1. The summed E-state index contributed by atoms with van der Waals surface area (Å²) in [5.41, 5.74) is -0.133. The molecular weight excluding hydrogens is 400 g/mol. The Labute approximate surface area is 196 Å². The van der Waals surface area contributed by atoms with Crippen LogP contribution in [-0.4, -0.2) is 35.0 Å². The largest absolute Gasteiger partial charge is 0.396 e. The summed E-state index contributed by atoms with van der Waals surface area (Å²) in [4.78, 5) is 26.1. The summed E-state index contributed by atoms with van der Waals surface area (Å²) < 4.78 is 0. The molecule has 0 saturated heterocycles. The molecule has 2 rings (SSSR count). The number of aliphatic hydroxyl groups is 2. The van der Waals surface area contributed by atoms with Crippen LogP contribution in [0, 0.1) is 34.5 Å². The van der Waals surface area contributed by atoms with Gasteiger partial charge in [-0.2, -0.15) is 0 Å². The minimum absolute atomic E-state index is 0.0295. The van der Waals surface area contributed by atoms with E-state index in [9.17, 15) is 19.8 Å². The van der Waals surface area contributed by atoms with Gasteiger partial charge in [-0.05, 0) is 62.2 Å². The third-order valence-corrected chi connectivity index (χ3v) is 7.92. The second-order valence-electron chi connectivity index (χ2n) is 12.1. The average molecular weight is 449 g/mol. The van der Waals surface area contributed by atoms with E-state index in [0.717, 1.165) is 77.0 Å². The highest BCUT2D eigenvalue weighted by Gasteiger charge is 2.32. The molecule has 2 aliphatic rings. The number of carbonyl (C=O) groups excluding carboxylic acids is 2. The standard InChI is InChI=1S/C28H48O4/c1-27(2,19-29)17-7-13-21-9-5-11-23(25(21)31)15-16-24-12-6-10-22(26(24)32)14-8-18-28(3,4)20-30/h15-16,21-24,29-30H,5-14,17-20H2,1-4H3. The highest BCUT2D eigenvalue weighted by Crippen LogP contribution is 2.35. The van der Waals surface area contributed by atoms with Crippen LogP contribution in [-0.2, 0) is 9.59 Å². The van der Waals surface area contributed by atoms with Gasteiger partial charge in [0.1, 0.15) is 11.6 Å². The number of Topliss-reactive ketones (excluding diaryl/α,β-unsaturated/α-hetero) is 2. The molecule has 0 aromatic rings. The first-order valence-electron chi connectivity index (χ1n) is 13.1.